The molecule has 0 radical (unpaired) electrons. The average Bonchev–Trinajstić information content (AvgIpc) is 2.43. The van der Waals surface area contributed by atoms with Gasteiger partial charge < -0.3 is 4.74 Å². The van der Waals surface area contributed by atoms with Crippen molar-refractivity contribution in [3.8, 4) is 17.6 Å². The number of allylic oxidation sites excluding steroid dienone is 1. The van der Waals surface area contributed by atoms with E-state index < -0.39 is 0 Å². The summed E-state index contributed by atoms with van der Waals surface area (Å²) in [6.45, 7) is 1.78. The summed E-state index contributed by atoms with van der Waals surface area (Å²) in [5.74, 6) is 1.48. The molecule has 0 fully saturated rings. The fourth-order valence-corrected chi connectivity index (χ4v) is 1.68. The molecule has 0 spiro atoms. The van der Waals surface area contributed by atoms with Crippen LogP contribution in [0.15, 0.2) is 54.1 Å². The van der Waals surface area contributed by atoms with Gasteiger partial charge in [0, 0.05) is 10.6 Å². The van der Waals surface area contributed by atoms with Crippen LogP contribution < -0.4 is 4.74 Å². The van der Waals surface area contributed by atoms with Crippen molar-refractivity contribution in [3.05, 3.63) is 64.7 Å². The molecule has 2 rings (SSSR count). The lowest BCUT2D eigenvalue weighted by Crippen LogP contribution is -1.84. The van der Waals surface area contributed by atoms with Crippen LogP contribution in [0.4, 0.5) is 0 Å². The second-order valence-corrected chi connectivity index (χ2v) is 4.50. The van der Waals surface area contributed by atoms with Crippen LogP contribution in [-0.4, -0.2) is 0 Å². The van der Waals surface area contributed by atoms with Gasteiger partial charge >= 0.3 is 0 Å². The standard InChI is InChI=1S/C16H12ClNO/c1-12(11-18)10-13-2-6-15(7-3-13)19-16-8-4-14(17)5-9-16/h2-10H,1H3. The summed E-state index contributed by atoms with van der Waals surface area (Å²) in [7, 11) is 0. The average molecular weight is 270 g/mol. The van der Waals surface area contributed by atoms with Gasteiger partial charge in [-0.3, -0.25) is 0 Å². The Morgan fingerprint density at radius 3 is 2.11 bits per heavy atom. The molecular formula is C16H12ClNO. The molecule has 0 aliphatic carbocycles. The topological polar surface area (TPSA) is 33.0 Å². The van der Waals surface area contributed by atoms with Gasteiger partial charge in [-0.05, 0) is 55.0 Å². The first-order chi connectivity index (χ1) is 9.17. The van der Waals surface area contributed by atoms with Crippen molar-refractivity contribution in [1.29, 1.82) is 5.26 Å². The maximum atomic E-state index is 8.71. The molecule has 0 heterocycles. The number of rotatable bonds is 3. The van der Waals surface area contributed by atoms with E-state index in [-0.39, 0.29) is 0 Å². The van der Waals surface area contributed by atoms with E-state index in [0.717, 1.165) is 17.1 Å². The Kier molecular flexibility index (Phi) is 4.22. The van der Waals surface area contributed by atoms with Gasteiger partial charge in [-0.1, -0.05) is 23.7 Å². The molecule has 0 aromatic heterocycles. The Morgan fingerprint density at radius 1 is 1.05 bits per heavy atom. The molecule has 0 aliphatic rings. The maximum Gasteiger partial charge on any atom is 0.127 e. The lowest BCUT2D eigenvalue weighted by atomic mass is 10.1. The number of halogens is 1. The van der Waals surface area contributed by atoms with E-state index in [1.807, 2.05) is 42.5 Å². The minimum absolute atomic E-state index is 0.673. The number of benzene rings is 2. The molecule has 2 aromatic carbocycles. The van der Waals surface area contributed by atoms with Crippen molar-refractivity contribution in [2.45, 2.75) is 6.92 Å². The first-order valence-corrected chi connectivity index (χ1v) is 6.17. The van der Waals surface area contributed by atoms with Crippen LogP contribution in [0, 0.1) is 11.3 Å². The van der Waals surface area contributed by atoms with E-state index in [9.17, 15) is 0 Å². The van der Waals surface area contributed by atoms with Crippen molar-refractivity contribution >= 4 is 17.7 Å². The predicted octanol–water partition coefficient (Wildman–Crippen LogP) is 5.06. The molecule has 0 atom stereocenters. The normalized spacial score (nSPS) is 10.9. The molecule has 0 unspecified atom stereocenters. The molecule has 0 N–H and O–H groups in total. The molecule has 0 amide bonds. The second kappa shape index (κ2) is 6.08. The SMILES string of the molecule is CC(C#N)=Cc1ccc(Oc2ccc(Cl)cc2)cc1. The van der Waals surface area contributed by atoms with Crippen LogP contribution in [0.5, 0.6) is 11.5 Å². The second-order valence-electron chi connectivity index (χ2n) is 4.06. The molecule has 2 aromatic rings. The Labute approximate surface area is 117 Å². The Bertz CT molecular complexity index is 621. The van der Waals surface area contributed by atoms with Crippen LogP contribution in [-0.2, 0) is 0 Å². The Morgan fingerprint density at radius 2 is 1.58 bits per heavy atom. The fraction of sp³-hybridized carbons (Fsp3) is 0.0625. The quantitative estimate of drug-likeness (QED) is 0.730. The molecule has 0 aliphatic heterocycles. The molecule has 2 nitrogen and oxygen atoms in total. The summed E-state index contributed by atoms with van der Waals surface area (Å²) in [6, 6.07) is 16.8. The summed E-state index contributed by atoms with van der Waals surface area (Å²) >= 11 is 5.81. The summed E-state index contributed by atoms with van der Waals surface area (Å²) in [4.78, 5) is 0. The molecule has 0 bridgehead atoms. The van der Waals surface area contributed by atoms with Gasteiger partial charge in [0.1, 0.15) is 11.5 Å². The van der Waals surface area contributed by atoms with Gasteiger partial charge in [0.05, 0.1) is 6.07 Å². The first-order valence-electron chi connectivity index (χ1n) is 5.79. The van der Waals surface area contributed by atoms with E-state index in [0.29, 0.717) is 10.6 Å². The maximum absolute atomic E-state index is 8.71. The lowest BCUT2D eigenvalue weighted by Gasteiger charge is -2.05. The Hall–Kier alpha value is -2.24. The highest BCUT2D eigenvalue weighted by molar-refractivity contribution is 6.30. The molecule has 19 heavy (non-hydrogen) atoms. The van der Waals surface area contributed by atoms with Gasteiger partial charge in [0.25, 0.3) is 0 Å². The summed E-state index contributed by atoms with van der Waals surface area (Å²) in [5.41, 5.74) is 1.65. The number of nitrogens with zero attached hydrogens (tertiary/aromatic N) is 1. The van der Waals surface area contributed by atoms with Gasteiger partial charge in [0.2, 0.25) is 0 Å². The summed E-state index contributed by atoms with van der Waals surface area (Å²) in [6.07, 6.45) is 1.83. The van der Waals surface area contributed by atoms with Crippen LogP contribution in [0.3, 0.4) is 0 Å². The van der Waals surface area contributed by atoms with E-state index >= 15 is 0 Å². The van der Waals surface area contributed by atoms with Crippen molar-refractivity contribution in [3.63, 3.8) is 0 Å². The zero-order chi connectivity index (χ0) is 13.7. The highest BCUT2D eigenvalue weighted by atomic mass is 35.5. The van der Waals surface area contributed by atoms with Crippen molar-refractivity contribution < 1.29 is 4.74 Å². The summed E-state index contributed by atoms with van der Waals surface area (Å²) in [5, 5.41) is 9.39. The van der Waals surface area contributed by atoms with Gasteiger partial charge in [-0.15, -0.1) is 0 Å². The Balaban J connectivity index is 2.11. The minimum Gasteiger partial charge on any atom is -0.457 e. The van der Waals surface area contributed by atoms with E-state index in [1.54, 1.807) is 19.1 Å². The number of hydrogen-bond donors (Lipinski definition) is 0. The third-order valence-corrected chi connectivity index (χ3v) is 2.74. The molecule has 3 heteroatoms. The van der Waals surface area contributed by atoms with E-state index in [4.69, 9.17) is 21.6 Å². The predicted molar refractivity (Wildman–Crippen MR) is 77.2 cm³/mol. The minimum atomic E-state index is 0.673. The lowest BCUT2D eigenvalue weighted by molar-refractivity contribution is 0.482. The number of hydrogen-bond acceptors (Lipinski definition) is 2. The zero-order valence-electron chi connectivity index (χ0n) is 10.4. The molecule has 0 saturated heterocycles. The summed E-state index contributed by atoms with van der Waals surface area (Å²) < 4.78 is 5.68. The van der Waals surface area contributed by atoms with Crippen molar-refractivity contribution in [2.75, 3.05) is 0 Å². The van der Waals surface area contributed by atoms with Gasteiger partial charge in [-0.25, -0.2) is 0 Å². The third kappa shape index (κ3) is 3.87. The third-order valence-electron chi connectivity index (χ3n) is 2.49. The monoisotopic (exact) mass is 269 g/mol. The van der Waals surface area contributed by atoms with Crippen LogP contribution in [0.1, 0.15) is 12.5 Å². The van der Waals surface area contributed by atoms with Crippen molar-refractivity contribution in [2.24, 2.45) is 0 Å². The number of ether oxygens (including phenoxy) is 1. The zero-order valence-corrected chi connectivity index (χ0v) is 11.2. The van der Waals surface area contributed by atoms with Gasteiger partial charge in [-0.2, -0.15) is 5.26 Å². The van der Waals surface area contributed by atoms with E-state index in [2.05, 4.69) is 6.07 Å². The molecular weight excluding hydrogens is 258 g/mol. The highest BCUT2D eigenvalue weighted by Crippen LogP contribution is 2.23. The highest BCUT2D eigenvalue weighted by Gasteiger charge is 1.97. The smallest absolute Gasteiger partial charge is 0.127 e. The molecule has 0 saturated carbocycles. The van der Waals surface area contributed by atoms with Crippen LogP contribution in [0.2, 0.25) is 5.02 Å². The van der Waals surface area contributed by atoms with Gasteiger partial charge in [0.15, 0.2) is 0 Å². The molecule has 94 valence electrons. The first kappa shape index (κ1) is 13.2. The van der Waals surface area contributed by atoms with E-state index in [1.165, 1.54) is 0 Å². The number of nitriles is 1. The largest absolute Gasteiger partial charge is 0.457 e. The van der Waals surface area contributed by atoms with Crippen LogP contribution in [0.25, 0.3) is 6.08 Å². The van der Waals surface area contributed by atoms with Crippen molar-refractivity contribution in [1.82, 2.24) is 0 Å². The van der Waals surface area contributed by atoms with Crippen LogP contribution >= 0.6 is 11.6 Å². The fourth-order valence-electron chi connectivity index (χ4n) is 1.55.